The lowest BCUT2D eigenvalue weighted by atomic mass is 10.4. The van der Waals surface area contributed by atoms with Crippen LogP contribution >= 0.6 is 11.6 Å². The van der Waals surface area contributed by atoms with Gasteiger partial charge in [0.25, 0.3) is 0 Å². The van der Waals surface area contributed by atoms with Gasteiger partial charge in [0.05, 0.1) is 0 Å². The van der Waals surface area contributed by atoms with Crippen LogP contribution in [0.4, 0.5) is 11.8 Å². The number of ether oxygens (including phenoxy) is 1. The molecule has 14 heavy (non-hydrogen) atoms. The van der Waals surface area contributed by atoms with Crippen molar-refractivity contribution >= 4 is 23.4 Å². The first kappa shape index (κ1) is 11.0. The van der Waals surface area contributed by atoms with Crippen LogP contribution in [0.1, 0.15) is 6.42 Å². The summed E-state index contributed by atoms with van der Waals surface area (Å²) >= 11 is 5.69. The Labute approximate surface area is 87.6 Å². The van der Waals surface area contributed by atoms with Gasteiger partial charge in [-0.15, -0.1) is 0 Å². The summed E-state index contributed by atoms with van der Waals surface area (Å²) < 4.78 is 4.90. The molecule has 6 heteroatoms. The maximum absolute atomic E-state index is 5.69. The Balaban J connectivity index is 2.42. The fourth-order valence-electron chi connectivity index (χ4n) is 0.959. The molecule has 0 aliphatic carbocycles. The minimum atomic E-state index is 0.173. The van der Waals surface area contributed by atoms with Crippen molar-refractivity contribution in [2.75, 3.05) is 31.3 Å². The Hall–Kier alpha value is -1.07. The third kappa shape index (κ3) is 3.76. The van der Waals surface area contributed by atoms with Gasteiger partial charge in [0, 0.05) is 26.3 Å². The number of methoxy groups -OCH3 is 1. The zero-order valence-corrected chi connectivity index (χ0v) is 8.71. The van der Waals surface area contributed by atoms with E-state index >= 15 is 0 Å². The molecule has 0 aliphatic rings. The Morgan fingerprint density at radius 3 is 3.00 bits per heavy atom. The average Bonchev–Trinajstić information content (AvgIpc) is 2.11. The van der Waals surface area contributed by atoms with Crippen molar-refractivity contribution in [1.82, 2.24) is 9.97 Å². The molecule has 3 N–H and O–H groups in total. The maximum atomic E-state index is 5.69. The molecule has 1 rings (SSSR count). The van der Waals surface area contributed by atoms with Crippen molar-refractivity contribution in [2.45, 2.75) is 6.42 Å². The van der Waals surface area contributed by atoms with E-state index in [0.29, 0.717) is 17.6 Å². The predicted molar refractivity (Wildman–Crippen MR) is 56.4 cm³/mol. The molecule has 0 bridgehead atoms. The number of nitrogen functional groups attached to an aromatic ring is 1. The lowest BCUT2D eigenvalue weighted by Gasteiger charge is -2.05. The fourth-order valence-corrected chi connectivity index (χ4v) is 1.15. The van der Waals surface area contributed by atoms with E-state index in [1.807, 2.05) is 0 Å². The highest BCUT2D eigenvalue weighted by atomic mass is 35.5. The highest BCUT2D eigenvalue weighted by molar-refractivity contribution is 6.29. The smallest absolute Gasteiger partial charge is 0.223 e. The zero-order chi connectivity index (χ0) is 10.4. The van der Waals surface area contributed by atoms with Crippen molar-refractivity contribution in [3.8, 4) is 0 Å². The van der Waals surface area contributed by atoms with Crippen molar-refractivity contribution < 1.29 is 4.74 Å². The summed E-state index contributed by atoms with van der Waals surface area (Å²) in [5, 5.41) is 3.41. The Kier molecular flexibility index (Phi) is 4.42. The molecule has 0 atom stereocenters. The number of nitrogens with one attached hydrogen (secondary N) is 1. The van der Waals surface area contributed by atoms with E-state index in [4.69, 9.17) is 22.1 Å². The van der Waals surface area contributed by atoms with Crippen molar-refractivity contribution in [2.24, 2.45) is 0 Å². The van der Waals surface area contributed by atoms with Crippen LogP contribution in [0, 0.1) is 0 Å². The number of halogens is 1. The number of aromatic nitrogens is 2. The molecule has 1 heterocycles. The zero-order valence-electron chi connectivity index (χ0n) is 7.96. The molecule has 0 unspecified atom stereocenters. The normalized spacial score (nSPS) is 10.1. The van der Waals surface area contributed by atoms with Crippen LogP contribution in [-0.2, 0) is 4.74 Å². The van der Waals surface area contributed by atoms with Gasteiger partial charge in [-0.05, 0) is 6.42 Å². The first-order valence-electron chi connectivity index (χ1n) is 4.25. The summed E-state index contributed by atoms with van der Waals surface area (Å²) in [7, 11) is 1.67. The van der Waals surface area contributed by atoms with Crippen LogP contribution in [0.25, 0.3) is 0 Å². The summed E-state index contributed by atoms with van der Waals surface area (Å²) in [4.78, 5) is 7.71. The standard InChI is InChI=1S/C8H13ClN4O/c1-14-4-2-3-11-7-5-6(9)12-8(10)13-7/h5H,2-4H2,1H3,(H3,10,11,12,13). The molecule has 0 saturated carbocycles. The third-order valence-corrected chi connectivity index (χ3v) is 1.74. The van der Waals surface area contributed by atoms with Gasteiger partial charge in [-0.2, -0.15) is 4.98 Å². The monoisotopic (exact) mass is 216 g/mol. The van der Waals surface area contributed by atoms with E-state index in [9.17, 15) is 0 Å². The molecule has 0 fully saturated rings. The lowest BCUT2D eigenvalue weighted by molar-refractivity contribution is 0.198. The SMILES string of the molecule is COCCCNc1cc(Cl)nc(N)n1. The van der Waals surface area contributed by atoms with Crippen LogP contribution in [0.15, 0.2) is 6.07 Å². The van der Waals surface area contributed by atoms with E-state index in [0.717, 1.165) is 13.0 Å². The topological polar surface area (TPSA) is 73.1 Å². The fraction of sp³-hybridized carbons (Fsp3) is 0.500. The summed E-state index contributed by atoms with van der Waals surface area (Å²) in [5.74, 6) is 0.811. The molecule has 0 radical (unpaired) electrons. The Morgan fingerprint density at radius 2 is 2.36 bits per heavy atom. The van der Waals surface area contributed by atoms with E-state index in [1.165, 1.54) is 0 Å². The van der Waals surface area contributed by atoms with Crippen molar-refractivity contribution in [3.63, 3.8) is 0 Å². The van der Waals surface area contributed by atoms with Gasteiger partial charge < -0.3 is 15.8 Å². The first-order valence-corrected chi connectivity index (χ1v) is 4.63. The third-order valence-electron chi connectivity index (χ3n) is 1.54. The quantitative estimate of drug-likeness (QED) is 0.571. The highest BCUT2D eigenvalue weighted by Gasteiger charge is 1.98. The van der Waals surface area contributed by atoms with Crippen LogP contribution < -0.4 is 11.1 Å². The van der Waals surface area contributed by atoms with Gasteiger partial charge in [-0.25, -0.2) is 4.98 Å². The Morgan fingerprint density at radius 1 is 1.57 bits per heavy atom. The van der Waals surface area contributed by atoms with Crippen LogP contribution in [-0.4, -0.2) is 30.2 Å². The lowest BCUT2D eigenvalue weighted by Crippen LogP contribution is -2.07. The number of nitrogens with zero attached hydrogens (tertiary/aromatic N) is 2. The molecule has 1 aromatic rings. The minimum Gasteiger partial charge on any atom is -0.385 e. The number of nitrogens with two attached hydrogens (primary N) is 1. The molecule has 0 saturated heterocycles. The van der Waals surface area contributed by atoms with Gasteiger partial charge in [0.1, 0.15) is 11.0 Å². The summed E-state index contributed by atoms with van der Waals surface area (Å²) in [5.41, 5.74) is 5.42. The average molecular weight is 217 g/mol. The van der Waals surface area contributed by atoms with Crippen LogP contribution in [0.5, 0.6) is 0 Å². The molecular formula is C8H13ClN4O. The molecule has 0 amide bonds. The second-order valence-corrected chi connectivity index (χ2v) is 3.09. The van der Waals surface area contributed by atoms with E-state index < -0.39 is 0 Å². The number of anilines is 2. The molecule has 0 spiro atoms. The maximum Gasteiger partial charge on any atom is 0.223 e. The first-order chi connectivity index (χ1) is 6.72. The van der Waals surface area contributed by atoms with Crippen molar-refractivity contribution in [3.05, 3.63) is 11.2 Å². The largest absolute Gasteiger partial charge is 0.385 e. The second kappa shape index (κ2) is 5.62. The van der Waals surface area contributed by atoms with Gasteiger partial charge in [-0.3, -0.25) is 0 Å². The molecular weight excluding hydrogens is 204 g/mol. The van der Waals surface area contributed by atoms with Crippen LogP contribution in [0.2, 0.25) is 5.15 Å². The van der Waals surface area contributed by atoms with E-state index in [2.05, 4.69) is 15.3 Å². The predicted octanol–water partition coefficient (Wildman–Crippen LogP) is 1.16. The van der Waals surface area contributed by atoms with Gasteiger partial charge in [0.15, 0.2) is 0 Å². The molecule has 5 nitrogen and oxygen atoms in total. The van der Waals surface area contributed by atoms with Gasteiger partial charge in [0.2, 0.25) is 5.95 Å². The summed E-state index contributed by atoms with van der Waals surface area (Å²) in [6.07, 6.45) is 0.901. The minimum absolute atomic E-state index is 0.173. The highest BCUT2D eigenvalue weighted by Crippen LogP contribution is 2.11. The molecule has 1 aromatic heterocycles. The van der Waals surface area contributed by atoms with Crippen molar-refractivity contribution in [1.29, 1.82) is 0 Å². The van der Waals surface area contributed by atoms with E-state index in [1.54, 1.807) is 13.2 Å². The van der Waals surface area contributed by atoms with E-state index in [-0.39, 0.29) is 5.95 Å². The summed E-state index contributed by atoms with van der Waals surface area (Å²) in [6, 6.07) is 1.63. The second-order valence-electron chi connectivity index (χ2n) is 2.71. The molecule has 0 aromatic carbocycles. The molecule has 0 aliphatic heterocycles. The molecule has 78 valence electrons. The Bertz CT molecular complexity index is 274. The number of rotatable bonds is 5. The van der Waals surface area contributed by atoms with Gasteiger partial charge >= 0.3 is 0 Å². The van der Waals surface area contributed by atoms with Crippen LogP contribution in [0.3, 0.4) is 0 Å². The van der Waals surface area contributed by atoms with Gasteiger partial charge in [-0.1, -0.05) is 11.6 Å². The number of hydrogen-bond acceptors (Lipinski definition) is 5. The number of hydrogen-bond donors (Lipinski definition) is 2. The summed E-state index contributed by atoms with van der Waals surface area (Å²) in [6.45, 7) is 1.47.